The Morgan fingerprint density at radius 3 is 1.38 bits per heavy atom. The number of rotatable bonds is 1. The molecule has 3 saturated carbocycles. The van der Waals surface area contributed by atoms with Crippen LogP contribution in [0.5, 0.6) is 0 Å². The second-order valence-electron chi connectivity index (χ2n) is 3.59. The third-order valence-corrected chi connectivity index (χ3v) is 3.61. The zero-order chi connectivity index (χ0) is 10.3. The lowest BCUT2D eigenvalue weighted by atomic mass is 9.44. The van der Waals surface area contributed by atoms with Crippen molar-refractivity contribution < 1.29 is 17.6 Å². The van der Waals surface area contributed by atoms with Gasteiger partial charge in [-0.3, -0.25) is 0 Å². The highest BCUT2D eigenvalue weighted by atomic mass is 127. The van der Waals surface area contributed by atoms with Crippen molar-refractivity contribution in [2.75, 3.05) is 0 Å². The maximum absolute atomic E-state index is 12.1. The Balaban J connectivity index is 0.000000184. The summed E-state index contributed by atoms with van der Waals surface area (Å²) in [6, 6.07) is 0. The molecule has 0 nitrogen and oxygen atoms in total. The van der Waals surface area contributed by atoms with Crippen LogP contribution in [-0.2, 0) is 0 Å². The molecule has 0 radical (unpaired) electrons. The Bertz CT molecular complexity index is 172. The molecule has 13 heavy (non-hydrogen) atoms. The summed E-state index contributed by atoms with van der Waals surface area (Å²) in [6.07, 6.45) is 0.225. The molecule has 0 atom stereocenters. The fourth-order valence-electron chi connectivity index (χ4n) is 1.97. The molecule has 0 heterocycles. The minimum absolute atomic E-state index is 0.300. The molecule has 3 aliphatic rings. The Kier molecular flexibility index (Phi) is 3.75. The second-order valence-corrected chi connectivity index (χ2v) is 6.82. The first kappa shape index (κ1) is 12.3. The predicted molar refractivity (Wildman–Crippen MR) is 59.1 cm³/mol. The first-order chi connectivity index (χ1) is 5.80. The maximum Gasteiger partial charge on any atom is 0.287 e. The van der Waals surface area contributed by atoms with E-state index in [9.17, 15) is 17.6 Å². The van der Waals surface area contributed by atoms with Crippen molar-refractivity contribution in [1.82, 2.24) is 0 Å². The fraction of sp³-hybridized carbons (Fsp3) is 1.00. The van der Waals surface area contributed by atoms with Gasteiger partial charge in [-0.25, -0.2) is 8.78 Å². The molecule has 0 saturated heterocycles. The van der Waals surface area contributed by atoms with E-state index in [1.54, 1.807) is 0 Å². The van der Waals surface area contributed by atoms with Crippen LogP contribution in [-0.4, -0.2) is 14.3 Å². The predicted octanol–water partition coefficient (Wildman–Crippen LogP) is 4.25. The quantitative estimate of drug-likeness (QED) is 0.337. The topological polar surface area (TPSA) is 0 Å². The summed E-state index contributed by atoms with van der Waals surface area (Å²) in [5, 5.41) is 0. The van der Waals surface area contributed by atoms with E-state index in [1.165, 1.54) is 0 Å². The van der Waals surface area contributed by atoms with Crippen molar-refractivity contribution >= 4 is 45.2 Å². The summed E-state index contributed by atoms with van der Waals surface area (Å²) in [5.41, 5.74) is -0.513. The SMILES string of the molecule is FC(F)C12CC(I)(C1)C2.FC(F)I. The lowest BCUT2D eigenvalue weighted by molar-refractivity contribution is -0.170. The van der Waals surface area contributed by atoms with Gasteiger partial charge in [0.2, 0.25) is 6.43 Å². The Morgan fingerprint density at radius 1 is 1.00 bits per heavy atom. The molecule has 0 unspecified atom stereocenters. The lowest BCUT2D eigenvalue weighted by Gasteiger charge is -2.67. The van der Waals surface area contributed by atoms with E-state index < -0.39 is 16.3 Å². The number of alkyl halides is 6. The van der Waals surface area contributed by atoms with Gasteiger partial charge in [-0.2, -0.15) is 8.78 Å². The van der Waals surface area contributed by atoms with Gasteiger partial charge in [-0.1, -0.05) is 22.6 Å². The smallest absolute Gasteiger partial charge is 0.210 e. The van der Waals surface area contributed by atoms with E-state index in [0.29, 0.717) is 3.42 Å². The first-order valence-electron chi connectivity index (χ1n) is 3.69. The van der Waals surface area contributed by atoms with Crippen molar-refractivity contribution in [2.24, 2.45) is 5.41 Å². The van der Waals surface area contributed by atoms with Crippen LogP contribution >= 0.6 is 45.2 Å². The van der Waals surface area contributed by atoms with Gasteiger partial charge in [-0.05, 0) is 41.9 Å². The zero-order valence-corrected chi connectivity index (χ0v) is 10.9. The highest BCUT2D eigenvalue weighted by Crippen LogP contribution is 2.74. The largest absolute Gasteiger partial charge is 0.287 e. The average molecular weight is 422 g/mol. The third-order valence-electron chi connectivity index (χ3n) is 2.47. The summed E-state index contributed by atoms with van der Waals surface area (Å²) in [4.78, 5) is 0. The van der Waals surface area contributed by atoms with Gasteiger partial charge in [0.15, 0.2) is 0 Å². The van der Waals surface area contributed by atoms with E-state index in [4.69, 9.17) is 0 Å². The number of hydrogen-bond acceptors (Lipinski definition) is 0. The van der Waals surface area contributed by atoms with Crippen molar-refractivity contribution in [3.63, 3.8) is 0 Å². The molecule has 3 aliphatic carbocycles. The zero-order valence-electron chi connectivity index (χ0n) is 6.54. The molecule has 0 N–H and O–H groups in total. The summed E-state index contributed by atoms with van der Waals surface area (Å²) in [6.45, 7) is 0. The van der Waals surface area contributed by atoms with Crippen LogP contribution in [0.25, 0.3) is 0 Å². The summed E-state index contributed by atoms with van der Waals surface area (Å²) >= 11 is 3.31. The van der Waals surface area contributed by atoms with Crippen LogP contribution in [0.2, 0.25) is 0 Å². The third kappa shape index (κ3) is 2.60. The molecule has 6 heteroatoms. The second kappa shape index (κ2) is 3.97. The van der Waals surface area contributed by atoms with Crippen molar-refractivity contribution in [1.29, 1.82) is 0 Å². The van der Waals surface area contributed by atoms with Crippen LogP contribution in [0.4, 0.5) is 17.6 Å². The molecule has 0 aromatic heterocycles. The molecule has 3 rings (SSSR count). The highest BCUT2D eigenvalue weighted by molar-refractivity contribution is 14.1. The molecule has 0 spiro atoms. The normalized spacial score (nSPS) is 40.6. The summed E-state index contributed by atoms with van der Waals surface area (Å²) < 4.78 is 42.9. The monoisotopic (exact) mass is 422 g/mol. The van der Waals surface area contributed by atoms with Crippen molar-refractivity contribution in [3.05, 3.63) is 0 Å². The Labute approximate surface area is 101 Å². The molecular formula is C7H8F4I2. The van der Waals surface area contributed by atoms with E-state index in [1.807, 2.05) is 0 Å². The van der Waals surface area contributed by atoms with Gasteiger partial charge in [0.25, 0.3) is 4.43 Å². The molecule has 0 amide bonds. The van der Waals surface area contributed by atoms with Gasteiger partial charge in [0.1, 0.15) is 0 Å². The Hall–Kier alpha value is 1.18. The standard InChI is InChI=1S/C6H7F2I.CHF2I/c7-4(8)5-1-6(9,2-5)3-5;2-1(3)4/h4H,1-3H2;1H. The van der Waals surface area contributed by atoms with Crippen LogP contribution in [0.3, 0.4) is 0 Å². The summed E-state index contributed by atoms with van der Waals surface area (Å²) in [5.74, 6) is 0. The van der Waals surface area contributed by atoms with Crippen LogP contribution in [0.1, 0.15) is 19.3 Å². The molecule has 0 aromatic carbocycles. The Morgan fingerprint density at radius 2 is 1.31 bits per heavy atom. The van der Waals surface area contributed by atoms with Crippen molar-refractivity contribution in [2.45, 2.75) is 33.5 Å². The molecule has 0 aliphatic heterocycles. The van der Waals surface area contributed by atoms with Gasteiger partial charge >= 0.3 is 0 Å². The van der Waals surface area contributed by atoms with Crippen LogP contribution < -0.4 is 0 Å². The van der Waals surface area contributed by atoms with Gasteiger partial charge in [-0.15, -0.1) is 0 Å². The number of halogens is 6. The average Bonchev–Trinajstić information content (AvgIpc) is 1.76. The molecule has 2 bridgehead atoms. The minimum Gasteiger partial charge on any atom is -0.210 e. The highest BCUT2D eigenvalue weighted by Gasteiger charge is 2.70. The maximum atomic E-state index is 12.1. The molecular weight excluding hydrogens is 414 g/mol. The molecule has 0 aromatic rings. The van der Waals surface area contributed by atoms with E-state index in [2.05, 4.69) is 22.6 Å². The van der Waals surface area contributed by atoms with E-state index in [-0.39, 0.29) is 0 Å². The lowest BCUT2D eigenvalue weighted by Crippen LogP contribution is -2.66. The van der Waals surface area contributed by atoms with Crippen LogP contribution in [0, 0.1) is 5.41 Å². The van der Waals surface area contributed by atoms with E-state index in [0.717, 1.165) is 41.9 Å². The van der Waals surface area contributed by atoms with Gasteiger partial charge in [0, 0.05) is 8.84 Å². The van der Waals surface area contributed by atoms with Gasteiger partial charge < -0.3 is 0 Å². The molecule has 3 fully saturated rings. The van der Waals surface area contributed by atoms with Crippen LogP contribution in [0.15, 0.2) is 0 Å². The fourth-order valence-corrected chi connectivity index (χ4v) is 4.25. The number of hydrogen-bond donors (Lipinski definition) is 0. The van der Waals surface area contributed by atoms with Gasteiger partial charge in [0.05, 0.1) is 0 Å². The first-order valence-corrected chi connectivity index (χ1v) is 6.01. The minimum atomic E-state index is -2.20. The summed E-state index contributed by atoms with van der Waals surface area (Å²) in [7, 11) is 0. The van der Waals surface area contributed by atoms with Crippen molar-refractivity contribution in [3.8, 4) is 0 Å². The molecule has 78 valence electrons. The van der Waals surface area contributed by atoms with E-state index >= 15 is 0 Å².